The van der Waals surface area contributed by atoms with Gasteiger partial charge in [0.15, 0.2) is 0 Å². The van der Waals surface area contributed by atoms with Crippen LogP contribution in [0.1, 0.15) is 16.7 Å². The molecule has 0 spiro atoms. The first kappa shape index (κ1) is 13.0. The lowest BCUT2D eigenvalue weighted by Crippen LogP contribution is -2.23. The molecule has 0 radical (unpaired) electrons. The van der Waals surface area contributed by atoms with Crippen molar-refractivity contribution >= 4 is 15.9 Å². The lowest BCUT2D eigenvalue weighted by molar-refractivity contribution is 0.704. The highest BCUT2D eigenvalue weighted by Crippen LogP contribution is 2.20. The summed E-state index contributed by atoms with van der Waals surface area (Å²) in [6.07, 6.45) is 0. The topological polar surface area (TPSA) is 34.9 Å². The van der Waals surface area contributed by atoms with Crippen LogP contribution in [0, 0.1) is 13.8 Å². The number of aromatic nitrogens is 2. The molecule has 1 aromatic heterocycles. The summed E-state index contributed by atoms with van der Waals surface area (Å²) in [5.74, 6) is 0. The number of alkyl halides is 1. The molecule has 0 saturated carbocycles. The average Bonchev–Trinajstić information content (AvgIpc) is 2.36. The fourth-order valence-electron chi connectivity index (χ4n) is 1.81. The van der Waals surface area contributed by atoms with E-state index in [2.05, 4.69) is 47.0 Å². The molecular weight excluding hydrogens is 292 g/mol. The molecular formula is C14H15BrN2O. The molecule has 0 fully saturated rings. The molecule has 0 bridgehead atoms. The Morgan fingerprint density at radius 1 is 1.22 bits per heavy atom. The molecule has 2 aromatic rings. The van der Waals surface area contributed by atoms with Gasteiger partial charge in [-0.25, -0.2) is 4.68 Å². The van der Waals surface area contributed by atoms with E-state index in [1.54, 1.807) is 7.05 Å². The molecule has 3 nitrogen and oxygen atoms in total. The summed E-state index contributed by atoms with van der Waals surface area (Å²) in [5, 5.41) is 4.85. The van der Waals surface area contributed by atoms with E-state index in [1.807, 2.05) is 12.1 Å². The van der Waals surface area contributed by atoms with Gasteiger partial charge in [-0.2, -0.15) is 5.10 Å². The molecule has 0 saturated heterocycles. The van der Waals surface area contributed by atoms with Crippen LogP contribution in [0.15, 0.2) is 29.1 Å². The van der Waals surface area contributed by atoms with E-state index < -0.39 is 0 Å². The minimum Gasteiger partial charge on any atom is -0.267 e. The van der Waals surface area contributed by atoms with Crippen LogP contribution < -0.4 is 5.56 Å². The number of benzene rings is 1. The number of nitrogens with zero attached hydrogens (tertiary/aromatic N) is 2. The summed E-state index contributed by atoms with van der Waals surface area (Å²) in [7, 11) is 1.68. The molecule has 1 aromatic carbocycles. The van der Waals surface area contributed by atoms with Crippen LogP contribution in [0.2, 0.25) is 0 Å². The maximum Gasteiger partial charge on any atom is 0.270 e. The quantitative estimate of drug-likeness (QED) is 0.800. The Morgan fingerprint density at radius 3 is 2.56 bits per heavy atom. The third kappa shape index (κ3) is 2.38. The zero-order valence-electron chi connectivity index (χ0n) is 10.7. The first-order valence-electron chi connectivity index (χ1n) is 5.73. The van der Waals surface area contributed by atoms with Gasteiger partial charge < -0.3 is 0 Å². The van der Waals surface area contributed by atoms with Crippen LogP contribution in [-0.4, -0.2) is 9.78 Å². The van der Waals surface area contributed by atoms with E-state index in [0.717, 1.165) is 16.8 Å². The van der Waals surface area contributed by atoms with Gasteiger partial charge in [-0.15, -0.1) is 0 Å². The Kier molecular flexibility index (Phi) is 3.66. The lowest BCUT2D eigenvalue weighted by atomic mass is 10.0. The predicted molar refractivity (Wildman–Crippen MR) is 77.0 cm³/mol. The second-order valence-electron chi connectivity index (χ2n) is 4.42. The van der Waals surface area contributed by atoms with Crippen molar-refractivity contribution in [3.8, 4) is 11.3 Å². The fraction of sp³-hybridized carbons (Fsp3) is 0.286. The summed E-state index contributed by atoms with van der Waals surface area (Å²) < 4.78 is 1.39. The van der Waals surface area contributed by atoms with Gasteiger partial charge in [-0.1, -0.05) is 28.1 Å². The van der Waals surface area contributed by atoms with E-state index in [1.165, 1.54) is 15.8 Å². The highest BCUT2D eigenvalue weighted by Gasteiger charge is 2.07. The molecule has 94 valence electrons. The van der Waals surface area contributed by atoms with E-state index in [9.17, 15) is 4.79 Å². The minimum atomic E-state index is -0.0561. The molecule has 0 atom stereocenters. The Hall–Kier alpha value is -1.42. The second kappa shape index (κ2) is 5.06. The van der Waals surface area contributed by atoms with Gasteiger partial charge in [0.2, 0.25) is 0 Å². The molecule has 0 unspecified atom stereocenters. The molecule has 0 aliphatic carbocycles. The molecule has 0 amide bonds. The zero-order valence-corrected chi connectivity index (χ0v) is 12.3. The van der Waals surface area contributed by atoms with Crippen LogP contribution in [-0.2, 0) is 12.4 Å². The molecule has 0 N–H and O–H groups in total. The number of aryl methyl sites for hydroxylation is 3. The van der Waals surface area contributed by atoms with E-state index in [0.29, 0.717) is 5.33 Å². The van der Waals surface area contributed by atoms with Crippen LogP contribution in [0.5, 0.6) is 0 Å². The van der Waals surface area contributed by atoms with Gasteiger partial charge in [0.05, 0.1) is 5.69 Å². The summed E-state index contributed by atoms with van der Waals surface area (Å²) in [4.78, 5) is 11.8. The van der Waals surface area contributed by atoms with Crippen LogP contribution in [0.4, 0.5) is 0 Å². The van der Waals surface area contributed by atoms with Crippen molar-refractivity contribution in [1.29, 1.82) is 0 Å². The third-order valence-corrected chi connectivity index (χ3v) is 3.69. The SMILES string of the molecule is Cc1ccc(-c2cc(CBr)c(=O)n(C)n2)cc1C. The average molecular weight is 307 g/mol. The van der Waals surface area contributed by atoms with Crippen molar-refractivity contribution in [3.05, 3.63) is 51.3 Å². The van der Waals surface area contributed by atoms with Crippen LogP contribution in [0.3, 0.4) is 0 Å². The normalized spacial score (nSPS) is 10.7. The van der Waals surface area contributed by atoms with Crippen molar-refractivity contribution in [1.82, 2.24) is 9.78 Å². The molecule has 0 aliphatic rings. The number of halogens is 1. The van der Waals surface area contributed by atoms with Gasteiger partial charge >= 0.3 is 0 Å². The number of hydrogen-bond acceptors (Lipinski definition) is 2. The van der Waals surface area contributed by atoms with Crippen molar-refractivity contribution in [2.75, 3.05) is 0 Å². The standard InChI is InChI=1S/C14H15BrN2O/c1-9-4-5-11(6-10(9)2)13-7-12(8-15)14(18)17(3)16-13/h4-7H,8H2,1-3H3. The fourth-order valence-corrected chi connectivity index (χ4v) is 2.21. The molecule has 1 heterocycles. The van der Waals surface area contributed by atoms with Gasteiger partial charge in [-0.05, 0) is 37.1 Å². The van der Waals surface area contributed by atoms with Crippen LogP contribution in [0.25, 0.3) is 11.3 Å². The summed E-state index contributed by atoms with van der Waals surface area (Å²) >= 11 is 3.33. The summed E-state index contributed by atoms with van der Waals surface area (Å²) in [6, 6.07) is 8.06. The summed E-state index contributed by atoms with van der Waals surface area (Å²) in [5.41, 5.74) is 5.01. The Labute approximate surface area is 115 Å². The maximum absolute atomic E-state index is 11.8. The van der Waals surface area contributed by atoms with Gasteiger partial charge in [0.25, 0.3) is 5.56 Å². The van der Waals surface area contributed by atoms with E-state index in [-0.39, 0.29) is 5.56 Å². The monoisotopic (exact) mass is 306 g/mol. The van der Waals surface area contributed by atoms with Crippen molar-refractivity contribution < 1.29 is 0 Å². The maximum atomic E-state index is 11.8. The largest absolute Gasteiger partial charge is 0.270 e. The first-order valence-corrected chi connectivity index (χ1v) is 6.86. The Balaban J connectivity index is 2.60. The number of rotatable bonds is 2. The summed E-state index contributed by atoms with van der Waals surface area (Å²) in [6.45, 7) is 4.16. The smallest absolute Gasteiger partial charge is 0.267 e. The van der Waals surface area contributed by atoms with Crippen molar-refractivity contribution in [2.45, 2.75) is 19.2 Å². The highest BCUT2D eigenvalue weighted by molar-refractivity contribution is 9.08. The molecule has 0 aliphatic heterocycles. The highest BCUT2D eigenvalue weighted by atomic mass is 79.9. The Bertz CT molecular complexity index is 647. The van der Waals surface area contributed by atoms with Crippen molar-refractivity contribution in [3.63, 3.8) is 0 Å². The van der Waals surface area contributed by atoms with Gasteiger partial charge in [0, 0.05) is 23.5 Å². The van der Waals surface area contributed by atoms with Gasteiger partial charge in [-0.3, -0.25) is 4.79 Å². The molecule has 4 heteroatoms. The second-order valence-corrected chi connectivity index (χ2v) is 4.98. The predicted octanol–water partition coefficient (Wildman–Crippen LogP) is 2.96. The van der Waals surface area contributed by atoms with Gasteiger partial charge in [0.1, 0.15) is 0 Å². The van der Waals surface area contributed by atoms with Crippen LogP contribution >= 0.6 is 15.9 Å². The molecule has 18 heavy (non-hydrogen) atoms. The van der Waals surface area contributed by atoms with Crippen molar-refractivity contribution in [2.24, 2.45) is 7.05 Å². The van der Waals surface area contributed by atoms with E-state index in [4.69, 9.17) is 0 Å². The minimum absolute atomic E-state index is 0.0561. The lowest BCUT2D eigenvalue weighted by Gasteiger charge is -2.08. The third-order valence-electron chi connectivity index (χ3n) is 3.08. The zero-order chi connectivity index (χ0) is 13.3. The number of hydrogen-bond donors (Lipinski definition) is 0. The first-order chi connectivity index (χ1) is 8.52. The Morgan fingerprint density at radius 2 is 1.94 bits per heavy atom. The van der Waals surface area contributed by atoms with E-state index >= 15 is 0 Å². The molecule has 2 rings (SSSR count).